The van der Waals surface area contributed by atoms with Crippen LogP contribution in [-0.2, 0) is 0 Å². The standard InChI is InChI=1S/C25H29N7O2/c1-16-8-22-20(9-23(16)34-3)19(10-24(33)28-22)21-12-27-32-15-17(11-26-25(21)32)31-13-18(14-31)30-6-4-29(2)5-7-30/h8-12,15,18H,4-7,13-14H2,1-3H3,(H,28,33). The number of pyridine rings is 1. The molecule has 1 aromatic carbocycles. The average Bonchev–Trinajstić information content (AvgIpc) is 3.21. The molecule has 6 rings (SSSR count). The molecule has 34 heavy (non-hydrogen) atoms. The Morgan fingerprint density at radius 1 is 1.06 bits per heavy atom. The summed E-state index contributed by atoms with van der Waals surface area (Å²) in [6.07, 6.45) is 5.74. The van der Waals surface area contributed by atoms with Crippen LogP contribution in [-0.4, -0.2) is 88.8 Å². The highest BCUT2D eigenvalue weighted by Crippen LogP contribution is 2.33. The number of nitrogens with one attached hydrogen (secondary N) is 1. The van der Waals surface area contributed by atoms with Crippen molar-refractivity contribution in [2.75, 3.05) is 58.3 Å². The highest BCUT2D eigenvalue weighted by molar-refractivity contribution is 5.98. The number of aromatic amines is 1. The van der Waals surface area contributed by atoms with Gasteiger partial charge in [0, 0.05) is 73.4 Å². The predicted octanol–water partition coefficient (Wildman–Crippen LogP) is 1.99. The number of ether oxygens (including phenoxy) is 1. The maximum absolute atomic E-state index is 12.4. The molecular weight excluding hydrogens is 430 g/mol. The molecular formula is C25H29N7O2. The van der Waals surface area contributed by atoms with Crippen LogP contribution in [0.1, 0.15) is 5.56 Å². The van der Waals surface area contributed by atoms with Crippen LogP contribution >= 0.6 is 0 Å². The zero-order valence-corrected chi connectivity index (χ0v) is 19.8. The molecule has 0 radical (unpaired) electrons. The summed E-state index contributed by atoms with van der Waals surface area (Å²) < 4.78 is 7.33. The van der Waals surface area contributed by atoms with Crippen LogP contribution < -0.4 is 15.2 Å². The van der Waals surface area contributed by atoms with Gasteiger partial charge in [0.25, 0.3) is 0 Å². The molecule has 1 N–H and O–H groups in total. The van der Waals surface area contributed by atoms with E-state index in [0.29, 0.717) is 6.04 Å². The molecule has 5 heterocycles. The van der Waals surface area contributed by atoms with Crippen LogP contribution in [0.4, 0.5) is 5.69 Å². The average molecular weight is 460 g/mol. The molecule has 4 aromatic rings. The second-order valence-corrected chi connectivity index (χ2v) is 9.45. The van der Waals surface area contributed by atoms with Crippen molar-refractivity contribution in [1.29, 1.82) is 0 Å². The molecule has 0 amide bonds. The molecule has 0 bridgehead atoms. The summed E-state index contributed by atoms with van der Waals surface area (Å²) in [6.45, 7) is 8.56. The Morgan fingerprint density at radius 3 is 2.62 bits per heavy atom. The third kappa shape index (κ3) is 3.52. The molecule has 0 atom stereocenters. The van der Waals surface area contributed by atoms with E-state index in [1.54, 1.807) is 19.4 Å². The highest BCUT2D eigenvalue weighted by atomic mass is 16.5. The fraction of sp³-hybridized carbons (Fsp3) is 0.400. The number of rotatable bonds is 4. The molecule has 2 aliphatic rings. The normalized spacial score (nSPS) is 18.0. The van der Waals surface area contributed by atoms with Crippen molar-refractivity contribution in [3.63, 3.8) is 0 Å². The van der Waals surface area contributed by atoms with Gasteiger partial charge in [0.05, 0.1) is 31.4 Å². The Morgan fingerprint density at radius 2 is 1.85 bits per heavy atom. The number of methoxy groups -OCH3 is 1. The topological polar surface area (TPSA) is 82.0 Å². The molecule has 2 saturated heterocycles. The first kappa shape index (κ1) is 21.1. The third-order valence-corrected chi connectivity index (χ3v) is 7.27. The van der Waals surface area contributed by atoms with Crippen molar-refractivity contribution < 1.29 is 4.74 Å². The lowest BCUT2D eigenvalue weighted by Gasteiger charge is -2.48. The molecule has 0 aliphatic carbocycles. The van der Waals surface area contributed by atoms with Crippen molar-refractivity contribution in [2.45, 2.75) is 13.0 Å². The van der Waals surface area contributed by atoms with Crippen molar-refractivity contribution >= 4 is 22.2 Å². The van der Waals surface area contributed by atoms with Gasteiger partial charge in [0.15, 0.2) is 5.65 Å². The quantitative estimate of drug-likeness (QED) is 0.500. The van der Waals surface area contributed by atoms with E-state index < -0.39 is 0 Å². The first-order valence-electron chi connectivity index (χ1n) is 11.7. The van der Waals surface area contributed by atoms with Gasteiger partial charge in [-0.2, -0.15) is 5.10 Å². The number of piperazine rings is 1. The first-order chi connectivity index (χ1) is 16.5. The Bertz CT molecular complexity index is 1430. The van der Waals surface area contributed by atoms with Gasteiger partial charge in [-0.05, 0) is 31.7 Å². The zero-order valence-electron chi connectivity index (χ0n) is 19.8. The number of benzene rings is 1. The van der Waals surface area contributed by atoms with E-state index in [9.17, 15) is 4.79 Å². The summed E-state index contributed by atoms with van der Waals surface area (Å²) in [4.78, 5) is 27.5. The summed E-state index contributed by atoms with van der Waals surface area (Å²) in [6, 6.07) is 6.13. The SMILES string of the molecule is COc1cc2c(-c3cnn4cc(N5CC(N6CCN(C)CC6)C5)cnc34)cc(=O)[nH]c2cc1C. The first-order valence-corrected chi connectivity index (χ1v) is 11.7. The van der Waals surface area contributed by atoms with E-state index in [-0.39, 0.29) is 5.56 Å². The second kappa shape index (κ2) is 8.11. The zero-order chi connectivity index (χ0) is 23.4. The second-order valence-electron chi connectivity index (χ2n) is 9.45. The molecule has 2 fully saturated rings. The van der Waals surface area contributed by atoms with Crippen molar-refractivity contribution in [3.05, 3.63) is 52.7 Å². The molecule has 9 nitrogen and oxygen atoms in total. The van der Waals surface area contributed by atoms with Crippen molar-refractivity contribution in [3.8, 4) is 16.9 Å². The summed E-state index contributed by atoms with van der Waals surface area (Å²) >= 11 is 0. The monoisotopic (exact) mass is 459 g/mol. The predicted molar refractivity (Wildman–Crippen MR) is 133 cm³/mol. The molecule has 0 spiro atoms. The molecule has 9 heteroatoms. The largest absolute Gasteiger partial charge is 0.496 e. The fourth-order valence-electron chi connectivity index (χ4n) is 5.14. The van der Waals surface area contributed by atoms with E-state index in [1.807, 2.05) is 36.0 Å². The summed E-state index contributed by atoms with van der Waals surface area (Å²) in [5, 5.41) is 5.48. The lowest BCUT2D eigenvalue weighted by Crippen LogP contribution is -2.63. The lowest BCUT2D eigenvalue weighted by atomic mass is 10.0. The minimum Gasteiger partial charge on any atom is -0.496 e. The number of hydrogen-bond acceptors (Lipinski definition) is 7. The molecule has 0 unspecified atom stereocenters. The number of fused-ring (bicyclic) bond motifs is 2. The Kier molecular flexibility index (Phi) is 5.04. The number of aromatic nitrogens is 4. The fourth-order valence-corrected chi connectivity index (χ4v) is 5.14. The van der Waals surface area contributed by atoms with Gasteiger partial charge >= 0.3 is 0 Å². The van der Waals surface area contributed by atoms with E-state index in [4.69, 9.17) is 9.72 Å². The maximum atomic E-state index is 12.4. The van der Waals surface area contributed by atoms with Crippen LogP contribution in [0.3, 0.4) is 0 Å². The van der Waals surface area contributed by atoms with Gasteiger partial charge in [-0.3, -0.25) is 9.69 Å². The summed E-state index contributed by atoms with van der Waals surface area (Å²) in [7, 11) is 3.84. The Labute approximate surface area is 197 Å². The molecule has 176 valence electrons. The maximum Gasteiger partial charge on any atom is 0.249 e. The summed E-state index contributed by atoms with van der Waals surface area (Å²) in [5.74, 6) is 0.778. The van der Waals surface area contributed by atoms with Gasteiger partial charge in [0.1, 0.15) is 5.75 Å². The van der Waals surface area contributed by atoms with Crippen molar-refractivity contribution in [1.82, 2.24) is 29.4 Å². The van der Waals surface area contributed by atoms with Crippen molar-refractivity contribution in [2.24, 2.45) is 0 Å². The number of anilines is 1. The Balaban J connectivity index is 1.30. The number of H-pyrrole nitrogens is 1. The smallest absolute Gasteiger partial charge is 0.249 e. The van der Waals surface area contributed by atoms with E-state index in [2.05, 4.69) is 31.8 Å². The van der Waals surface area contributed by atoms with Crippen LogP contribution in [0.25, 0.3) is 27.7 Å². The molecule has 0 saturated carbocycles. The van der Waals surface area contributed by atoms with Gasteiger partial charge < -0.3 is 19.5 Å². The van der Waals surface area contributed by atoms with Crippen LogP contribution in [0.15, 0.2) is 41.6 Å². The van der Waals surface area contributed by atoms with Crippen LogP contribution in [0.5, 0.6) is 5.75 Å². The van der Waals surface area contributed by atoms with Crippen LogP contribution in [0, 0.1) is 6.92 Å². The van der Waals surface area contributed by atoms with Gasteiger partial charge in [0.2, 0.25) is 5.56 Å². The van der Waals surface area contributed by atoms with E-state index in [1.165, 1.54) is 0 Å². The minimum atomic E-state index is -0.154. The highest BCUT2D eigenvalue weighted by Gasteiger charge is 2.33. The number of nitrogens with zero attached hydrogens (tertiary/aromatic N) is 6. The number of likely N-dealkylation sites (N-methyl/N-ethyl adjacent to an activating group) is 1. The Hall–Kier alpha value is -3.43. The molecule has 2 aliphatic heterocycles. The minimum absolute atomic E-state index is 0.154. The number of hydrogen-bond donors (Lipinski definition) is 1. The van der Waals surface area contributed by atoms with Crippen LogP contribution in [0.2, 0.25) is 0 Å². The van der Waals surface area contributed by atoms with Gasteiger partial charge in [-0.15, -0.1) is 0 Å². The van der Waals surface area contributed by atoms with E-state index in [0.717, 1.165) is 83.9 Å². The summed E-state index contributed by atoms with van der Waals surface area (Å²) in [5.41, 5.74) is 5.01. The molecule has 3 aromatic heterocycles. The van der Waals surface area contributed by atoms with Gasteiger partial charge in [-0.1, -0.05) is 0 Å². The number of aryl methyl sites for hydroxylation is 1. The third-order valence-electron chi connectivity index (χ3n) is 7.27. The van der Waals surface area contributed by atoms with Gasteiger partial charge in [-0.25, -0.2) is 9.50 Å². The lowest BCUT2D eigenvalue weighted by molar-refractivity contribution is 0.0963. The van der Waals surface area contributed by atoms with E-state index >= 15 is 0 Å².